The zero-order chi connectivity index (χ0) is 18.1. The van der Waals surface area contributed by atoms with E-state index in [1.165, 1.54) is 11.1 Å². The van der Waals surface area contributed by atoms with Gasteiger partial charge in [-0.15, -0.1) is 24.0 Å². The van der Waals surface area contributed by atoms with Crippen LogP contribution in [0.15, 0.2) is 29.3 Å². The van der Waals surface area contributed by atoms with Crippen LogP contribution in [-0.2, 0) is 4.74 Å². The Morgan fingerprint density at radius 2 is 2.04 bits per heavy atom. The van der Waals surface area contributed by atoms with Gasteiger partial charge >= 0.3 is 0 Å². The Bertz CT molecular complexity index is 536. The molecule has 0 bridgehead atoms. The molecule has 0 saturated carbocycles. The second-order valence-electron chi connectivity index (χ2n) is 6.99. The molecule has 2 rings (SSSR count). The third kappa shape index (κ3) is 7.40. The first kappa shape index (κ1) is 23.2. The van der Waals surface area contributed by atoms with Crippen LogP contribution in [0.25, 0.3) is 0 Å². The summed E-state index contributed by atoms with van der Waals surface area (Å²) in [6.07, 6.45) is 2.39. The minimum atomic E-state index is 0. The predicted molar refractivity (Wildman–Crippen MR) is 118 cm³/mol. The van der Waals surface area contributed by atoms with Crippen molar-refractivity contribution in [2.24, 2.45) is 16.8 Å². The summed E-state index contributed by atoms with van der Waals surface area (Å²) in [7, 11) is 0. The van der Waals surface area contributed by atoms with E-state index in [0.717, 1.165) is 38.5 Å². The molecule has 1 aliphatic rings. The molecule has 1 saturated heterocycles. The molecule has 5 nitrogen and oxygen atoms in total. The minimum Gasteiger partial charge on any atom is -0.396 e. The molecule has 0 spiro atoms. The van der Waals surface area contributed by atoms with Gasteiger partial charge in [-0.1, -0.05) is 36.8 Å². The van der Waals surface area contributed by atoms with E-state index in [4.69, 9.17) is 9.84 Å². The molecule has 0 radical (unpaired) electrons. The fourth-order valence-electron chi connectivity index (χ4n) is 3.05. The zero-order valence-electron chi connectivity index (χ0n) is 16.2. The number of nitrogens with one attached hydrogen (secondary N) is 2. The van der Waals surface area contributed by atoms with E-state index in [1.807, 2.05) is 6.92 Å². The third-order valence-corrected chi connectivity index (χ3v) is 4.60. The Hall–Kier alpha value is -0.860. The monoisotopic (exact) mass is 475 g/mol. The number of halogens is 1. The second kappa shape index (κ2) is 12.5. The molecular formula is C20H34IN3O2. The Labute approximate surface area is 175 Å². The largest absolute Gasteiger partial charge is 0.396 e. The summed E-state index contributed by atoms with van der Waals surface area (Å²) in [5.41, 5.74) is 2.53. The lowest BCUT2D eigenvalue weighted by Gasteiger charge is -2.32. The van der Waals surface area contributed by atoms with Crippen molar-refractivity contribution in [1.29, 1.82) is 0 Å². The summed E-state index contributed by atoms with van der Waals surface area (Å²) in [6, 6.07) is 8.67. The molecule has 1 aromatic rings. The van der Waals surface area contributed by atoms with Gasteiger partial charge in [0.15, 0.2) is 5.96 Å². The lowest BCUT2D eigenvalue weighted by molar-refractivity contribution is -0.0265. The van der Waals surface area contributed by atoms with Gasteiger partial charge in [0.25, 0.3) is 0 Å². The number of aliphatic hydroxyl groups excluding tert-OH is 1. The Balaban J connectivity index is 0.00000338. The van der Waals surface area contributed by atoms with Crippen LogP contribution in [0.1, 0.15) is 43.9 Å². The van der Waals surface area contributed by atoms with E-state index in [2.05, 4.69) is 53.7 Å². The Morgan fingerprint density at radius 3 is 2.69 bits per heavy atom. The van der Waals surface area contributed by atoms with Crippen LogP contribution in [0.5, 0.6) is 0 Å². The molecule has 1 heterocycles. The van der Waals surface area contributed by atoms with E-state index >= 15 is 0 Å². The van der Waals surface area contributed by atoms with Crippen LogP contribution in [0, 0.1) is 18.8 Å². The Kier molecular flexibility index (Phi) is 11.2. The van der Waals surface area contributed by atoms with Crippen molar-refractivity contribution < 1.29 is 9.84 Å². The maximum Gasteiger partial charge on any atom is 0.191 e. The van der Waals surface area contributed by atoms with E-state index in [-0.39, 0.29) is 42.6 Å². The van der Waals surface area contributed by atoms with Crippen LogP contribution in [-0.4, -0.2) is 43.9 Å². The minimum absolute atomic E-state index is 0. The molecule has 148 valence electrons. The topological polar surface area (TPSA) is 65.9 Å². The second-order valence-corrected chi connectivity index (χ2v) is 6.99. The molecule has 3 N–H and O–H groups in total. The number of aliphatic hydroxyl groups is 1. The highest BCUT2D eigenvalue weighted by molar-refractivity contribution is 14.0. The summed E-state index contributed by atoms with van der Waals surface area (Å²) in [6.45, 7) is 9.43. The number of guanidine groups is 1. The van der Waals surface area contributed by atoms with Crippen molar-refractivity contribution in [2.45, 2.75) is 39.7 Å². The molecular weight excluding hydrogens is 441 g/mol. The third-order valence-electron chi connectivity index (χ3n) is 4.60. The van der Waals surface area contributed by atoms with Gasteiger partial charge in [0, 0.05) is 38.8 Å². The van der Waals surface area contributed by atoms with E-state index in [0.29, 0.717) is 12.5 Å². The molecule has 3 atom stereocenters. The molecule has 0 amide bonds. The van der Waals surface area contributed by atoms with Crippen LogP contribution < -0.4 is 10.6 Å². The maximum atomic E-state index is 9.16. The Morgan fingerprint density at radius 1 is 1.31 bits per heavy atom. The lowest BCUT2D eigenvalue weighted by atomic mass is 9.89. The highest BCUT2D eigenvalue weighted by Gasteiger charge is 2.27. The SMILES string of the molecule is CCNC(=NCC(C)CO)NCC1CCCOC1c1ccc(C)cc1.I. The first-order chi connectivity index (χ1) is 12.1. The van der Waals surface area contributed by atoms with E-state index in [9.17, 15) is 0 Å². The summed E-state index contributed by atoms with van der Waals surface area (Å²) in [5, 5.41) is 15.9. The molecule has 1 fully saturated rings. The van der Waals surface area contributed by atoms with E-state index < -0.39 is 0 Å². The summed E-state index contributed by atoms with van der Waals surface area (Å²) in [4.78, 5) is 4.57. The molecule has 0 aromatic heterocycles. The number of rotatable bonds is 7. The molecule has 1 aliphatic heterocycles. The van der Waals surface area contributed by atoms with Crippen molar-refractivity contribution in [3.63, 3.8) is 0 Å². The van der Waals surface area contributed by atoms with Gasteiger partial charge in [0.2, 0.25) is 0 Å². The van der Waals surface area contributed by atoms with Crippen LogP contribution >= 0.6 is 24.0 Å². The van der Waals surface area contributed by atoms with Crippen LogP contribution in [0.2, 0.25) is 0 Å². The lowest BCUT2D eigenvalue weighted by Crippen LogP contribution is -2.42. The predicted octanol–water partition coefficient (Wildman–Crippen LogP) is 3.26. The molecule has 26 heavy (non-hydrogen) atoms. The maximum absolute atomic E-state index is 9.16. The number of aryl methyl sites for hydroxylation is 1. The number of aliphatic imine (C=N–C) groups is 1. The van der Waals surface area contributed by atoms with Gasteiger partial charge in [0.05, 0.1) is 6.10 Å². The average molecular weight is 475 g/mol. The van der Waals surface area contributed by atoms with Crippen molar-refractivity contribution in [1.82, 2.24) is 10.6 Å². The van der Waals surface area contributed by atoms with Gasteiger partial charge in [-0.05, 0) is 38.2 Å². The van der Waals surface area contributed by atoms with Gasteiger partial charge in [0.1, 0.15) is 0 Å². The molecule has 1 aromatic carbocycles. The smallest absolute Gasteiger partial charge is 0.191 e. The van der Waals surface area contributed by atoms with Crippen molar-refractivity contribution in [2.75, 3.05) is 32.8 Å². The highest BCUT2D eigenvalue weighted by Crippen LogP contribution is 2.33. The fraction of sp³-hybridized carbons (Fsp3) is 0.650. The van der Waals surface area contributed by atoms with Crippen LogP contribution in [0.3, 0.4) is 0 Å². The molecule has 0 aliphatic carbocycles. The van der Waals surface area contributed by atoms with Crippen molar-refractivity contribution in [3.05, 3.63) is 35.4 Å². The van der Waals surface area contributed by atoms with Crippen molar-refractivity contribution in [3.8, 4) is 0 Å². The van der Waals surface area contributed by atoms with Gasteiger partial charge < -0.3 is 20.5 Å². The number of nitrogens with zero attached hydrogens (tertiary/aromatic N) is 1. The van der Waals surface area contributed by atoms with Crippen LogP contribution in [0.4, 0.5) is 0 Å². The fourth-order valence-corrected chi connectivity index (χ4v) is 3.05. The summed E-state index contributed by atoms with van der Waals surface area (Å²) in [5.74, 6) is 1.42. The van der Waals surface area contributed by atoms with Gasteiger partial charge in [-0.3, -0.25) is 4.99 Å². The quantitative estimate of drug-likeness (QED) is 0.322. The molecule has 6 heteroatoms. The first-order valence-electron chi connectivity index (χ1n) is 9.45. The first-order valence-corrected chi connectivity index (χ1v) is 9.45. The van der Waals surface area contributed by atoms with Gasteiger partial charge in [-0.2, -0.15) is 0 Å². The highest BCUT2D eigenvalue weighted by atomic mass is 127. The number of benzene rings is 1. The number of ether oxygens (including phenoxy) is 1. The summed E-state index contributed by atoms with van der Waals surface area (Å²) < 4.78 is 6.09. The normalized spacial score (nSPS) is 21.6. The van der Waals surface area contributed by atoms with E-state index in [1.54, 1.807) is 0 Å². The zero-order valence-corrected chi connectivity index (χ0v) is 18.5. The molecule has 3 unspecified atom stereocenters. The van der Waals surface area contributed by atoms with Crippen molar-refractivity contribution >= 4 is 29.9 Å². The average Bonchev–Trinajstić information content (AvgIpc) is 2.64. The standard InChI is InChI=1S/C20H33N3O2.HI/c1-4-21-20(22-12-16(3)14-24)23-13-18-6-5-11-25-19(18)17-9-7-15(2)8-10-17;/h7-10,16,18-19,24H,4-6,11-14H2,1-3H3,(H2,21,22,23);1H. The number of hydrogen-bond acceptors (Lipinski definition) is 3. The summed E-state index contributed by atoms with van der Waals surface area (Å²) >= 11 is 0. The number of hydrogen-bond donors (Lipinski definition) is 3. The van der Waals surface area contributed by atoms with Gasteiger partial charge in [-0.25, -0.2) is 0 Å².